The number of benzene rings is 1. The molecule has 0 aromatic heterocycles. The number of hydrogen-bond acceptors (Lipinski definition) is 5. The number of esters is 1. The summed E-state index contributed by atoms with van der Waals surface area (Å²) in [4.78, 5) is 11.7. The maximum Gasteiger partial charge on any atom is 0.331 e. The van der Waals surface area contributed by atoms with Crippen LogP contribution in [-0.4, -0.2) is 43.5 Å². The van der Waals surface area contributed by atoms with Crippen molar-refractivity contribution in [3.63, 3.8) is 0 Å². The van der Waals surface area contributed by atoms with E-state index in [-0.39, 0.29) is 5.11 Å². The Balaban J connectivity index is 2.93. The van der Waals surface area contributed by atoms with Crippen LogP contribution in [0, 0.1) is 0 Å². The molecule has 0 aliphatic rings. The molecule has 2 unspecified atom stereocenters. The molecule has 0 aliphatic heterocycles. The lowest BCUT2D eigenvalue weighted by atomic mass is 10.0. The Hall–Kier alpha value is -1.86. The van der Waals surface area contributed by atoms with E-state index in [2.05, 4.69) is 15.4 Å². The molecule has 7 heteroatoms. The molecule has 0 spiro atoms. The third-order valence-corrected chi connectivity index (χ3v) is 3.06. The zero-order valence-corrected chi connectivity index (χ0v) is 12.4. The number of thiocarbonyl (C=S) groups is 1. The van der Waals surface area contributed by atoms with E-state index >= 15 is 0 Å². The summed E-state index contributed by atoms with van der Waals surface area (Å²) in [6, 6.07) is 5.74. The molecule has 1 aromatic rings. The van der Waals surface area contributed by atoms with Crippen LogP contribution in [0.4, 0.5) is 0 Å². The minimum atomic E-state index is -1.10. The second-order valence-electron chi connectivity index (χ2n) is 3.94. The molecule has 0 fully saturated rings. The second-order valence-corrected chi connectivity index (χ2v) is 4.35. The predicted octanol–water partition coefficient (Wildman–Crippen LogP) is 0.364. The Morgan fingerprint density at radius 2 is 1.90 bits per heavy atom. The molecule has 3 N–H and O–H groups in total. The van der Waals surface area contributed by atoms with Gasteiger partial charge in [0.2, 0.25) is 0 Å². The van der Waals surface area contributed by atoms with Crippen LogP contribution in [0.2, 0.25) is 0 Å². The molecule has 0 heterocycles. The number of aliphatic hydroxyl groups is 1. The van der Waals surface area contributed by atoms with Crippen LogP contribution in [0.3, 0.4) is 0 Å². The summed E-state index contributed by atoms with van der Waals surface area (Å²) in [5, 5.41) is 15.9. The van der Waals surface area contributed by atoms with Gasteiger partial charge in [-0.1, -0.05) is 12.1 Å². The highest BCUT2D eigenvalue weighted by Crippen LogP contribution is 2.21. The Labute approximate surface area is 123 Å². The van der Waals surface area contributed by atoms with Gasteiger partial charge in [0.05, 0.1) is 14.2 Å². The maximum absolute atomic E-state index is 11.7. The van der Waals surface area contributed by atoms with Gasteiger partial charge in [-0.3, -0.25) is 0 Å². The normalized spacial score (nSPS) is 13.0. The average Bonchev–Trinajstić information content (AvgIpc) is 2.50. The zero-order chi connectivity index (χ0) is 15.1. The van der Waals surface area contributed by atoms with Gasteiger partial charge in [0.25, 0.3) is 0 Å². The molecule has 0 aliphatic carbocycles. The average molecular weight is 298 g/mol. The van der Waals surface area contributed by atoms with Crippen molar-refractivity contribution >= 4 is 23.3 Å². The molecule has 1 aromatic carbocycles. The quantitative estimate of drug-likeness (QED) is 0.535. The van der Waals surface area contributed by atoms with Crippen molar-refractivity contribution in [3.05, 3.63) is 29.8 Å². The van der Waals surface area contributed by atoms with E-state index in [1.54, 1.807) is 38.4 Å². The van der Waals surface area contributed by atoms with Gasteiger partial charge < -0.3 is 25.2 Å². The van der Waals surface area contributed by atoms with E-state index in [0.717, 1.165) is 0 Å². The molecule has 2 atom stereocenters. The Bertz CT molecular complexity index is 464. The summed E-state index contributed by atoms with van der Waals surface area (Å²) in [5.74, 6) is 0.0557. The predicted molar refractivity (Wildman–Crippen MR) is 78.6 cm³/mol. The van der Waals surface area contributed by atoms with Crippen LogP contribution in [0.5, 0.6) is 5.75 Å². The number of hydrogen-bond donors (Lipinski definition) is 3. The number of carbonyl (C=O) groups excluding carboxylic acids is 1. The van der Waals surface area contributed by atoms with Gasteiger partial charge in [0.15, 0.2) is 11.2 Å². The van der Waals surface area contributed by atoms with E-state index in [0.29, 0.717) is 11.3 Å². The third kappa shape index (κ3) is 4.07. The molecule has 0 saturated heterocycles. The van der Waals surface area contributed by atoms with Crippen molar-refractivity contribution in [2.45, 2.75) is 12.1 Å². The topological polar surface area (TPSA) is 79.8 Å². The van der Waals surface area contributed by atoms with Crippen LogP contribution < -0.4 is 15.4 Å². The molecule has 0 saturated carbocycles. The molecule has 1 rings (SSSR count). The monoisotopic (exact) mass is 298 g/mol. The van der Waals surface area contributed by atoms with Crippen molar-refractivity contribution in [2.75, 3.05) is 21.3 Å². The van der Waals surface area contributed by atoms with Crippen LogP contribution in [0.1, 0.15) is 11.7 Å². The Morgan fingerprint density at radius 1 is 1.30 bits per heavy atom. The SMILES string of the molecule is CNC(=S)NC(C(=O)OC)C(O)c1ccc(OC)cc1. The lowest BCUT2D eigenvalue weighted by Crippen LogP contribution is -2.48. The Morgan fingerprint density at radius 3 is 2.35 bits per heavy atom. The van der Waals surface area contributed by atoms with Crippen molar-refractivity contribution in [1.82, 2.24) is 10.6 Å². The van der Waals surface area contributed by atoms with E-state index in [1.807, 2.05) is 0 Å². The van der Waals surface area contributed by atoms with Crippen LogP contribution in [0.25, 0.3) is 0 Å². The van der Waals surface area contributed by atoms with Gasteiger partial charge in [-0.05, 0) is 29.9 Å². The molecular weight excluding hydrogens is 280 g/mol. The molecule has 0 radical (unpaired) electrons. The standard InChI is InChI=1S/C13H18N2O4S/c1-14-13(20)15-10(12(17)19-3)11(16)8-4-6-9(18-2)7-5-8/h4-7,10-11,16H,1-3H3,(H2,14,15,20). The summed E-state index contributed by atoms with van der Waals surface area (Å²) >= 11 is 4.95. The van der Waals surface area contributed by atoms with Gasteiger partial charge in [0.1, 0.15) is 11.9 Å². The molecule has 110 valence electrons. The lowest BCUT2D eigenvalue weighted by molar-refractivity contribution is -0.145. The molecule has 6 nitrogen and oxygen atoms in total. The molecule has 20 heavy (non-hydrogen) atoms. The highest BCUT2D eigenvalue weighted by atomic mass is 32.1. The number of rotatable bonds is 5. The first-order chi connectivity index (χ1) is 9.53. The minimum absolute atomic E-state index is 0.243. The fraction of sp³-hybridized carbons (Fsp3) is 0.385. The third-order valence-electron chi connectivity index (χ3n) is 2.74. The Kier molecular flexibility index (Phi) is 6.20. The van der Waals surface area contributed by atoms with Crippen molar-refractivity contribution in [3.8, 4) is 5.75 Å². The van der Waals surface area contributed by atoms with Crippen LogP contribution in [-0.2, 0) is 9.53 Å². The first kappa shape index (κ1) is 16.2. The maximum atomic E-state index is 11.7. The fourth-order valence-corrected chi connectivity index (χ4v) is 1.73. The van der Waals surface area contributed by atoms with Gasteiger partial charge in [-0.2, -0.15) is 0 Å². The van der Waals surface area contributed by atoms with E-state index < -0.39 is 18.1 Å². The summed E-state index contributed by atoms with van der Waals surface area (Å²) in [5.41, 5.74) is 0.549. The number of carbonyl (C=O) groups is 1. The van der Waals surface area contributed by atoms with E-state index in [1.165, 1.54) is 7.11 Å². The van der Waals surface area contributed by atoms with Gasteiger partial charge >= 0.3 is 5.97 Å². The number of aliphatic hydroxyl groups excluding tert-OH is 1. The minimum Gasteiger partial charge on any atom is -0.497 e. The largest absolute Gasteiger partial charge is 0.497 e. The van der Waals surface area contributed by atoms with Crippen molar-refractivity contribution in [2.24, 2.45) is 0 Å². The van der Waals surface area contributed by atoms with Crippen LogP contribution >= 0.6 is 12.2 Å². The van der Waals surface area contributed by atoms with Crippen LogP contribution in [0.15, 0.2) is 24.3 Å². The summed E-state index contributed by atoms with van der Waals surface area (Å²) in [6.07, 6.45) is -1.10. The summed E-state index contributed by atoms with van der Waals surface area (Å²) in [7, 11) is 4.42. The van der Waals surface area contributed by atoms with Gasteiger partial charge in [-0.15, -0.1) is 0 Å². The number of methoxy groups -OCH3 is 2. The molecule has 0 amide bonds. The molecule has 0 bridgehead atoms. The summed E-state index contributed by atoms with van der Waals surface area (Å²) < 4.78 is 9.71. The first-order valence-corrected chi connectivity index (χ1v) is 6.32. The molecular formula is C13H18N2O4S. The second kappa shape index (κ2) is 7.66. The fourth-order valence-electron chi connectivity index (χ4n) is 1.60. The summed E-state index contributed by atoms with van der Waals surface area (Å²) in [6.45, 7) is 0. The van der Waals surface area contributed by atoms with Gasteiger partial charge in [0, 0.05) is 7.05 Å². The van der Waals surface area contributed by atoms with Crippen molar-refractivity contribution < 1.29 is 19.4 Å². The van der Waals surface area contributed by atoms with E-state index in [4.69, 9.17) is 17.0 Å². The first-order valence-electron chi connectivity index (χ1n) is 5.91. The smallest absolute Gasteiger partial charge is 0.331 e. The van der Waals surface area contributed by atoms with Gasteiger partial charge in [-0.25, -0.2) is 4.79 Å². The van der Waals surface area contributed by atoms with E-state index in [9.17, 15) is 9.90 Å². The number of ether oxygens (including phenoxy) is 2. The lowest BCUT2D eigenvalue weighted by Gasteiger charge is -2.23. The highest BCUT2D eigenvalue weighted by molar-refractivity contribution is 7.80. The number of nitrogens with one attached hydrogen (secondary N) is 2. The highest BCUT2D eigenvalue weighted by Gasteiger charge is 2.29. The zero-order valence-electron chi connectivity index (χ0n) is 11.5. The van der Waals surface area contributed by atoms with Crippen molar-refractivity contribution in [1.29, 1.82) is 0 Å².